The van der Waals surface area contributed by atoms with Crippen LogP contribution in [0.3, 0.4) is 0 Å². The van der Waals surface area contributed by atoms with Crippen molar-refractivity contribution in [2.75, 3.05) is 12.5 Å². The van der Waals surface area contributed by atoms with Crippen molar-refractivity contribution in [3.63, 3.8) is 0 Å². The monoisotopic (exact) mass is 110 g/mol. The molecule has 0 spiro atoms. The molecule has 0 aliphatic carbocycles. The van der Waals surface area contributed by atoms with Crippen LogP contribution in [-0.4, -0.2) is 17.6 Å². The lowest BCUT2D eigenvalue weighted by Gasteiger charge is -1.67. The summed E-state index contributed by atoms with van der Waals surface area (Å²) in [5.74, 6) is 0.347. The van der Waals surface area contributed by atoms with E-state index >= 15 is 0 Å². The van der Waals surface area contributed by atoms with Crippen molar-refractivity contribution in [3.8, 4) is 0 Å². The van der Waals surface area contributed by atoms with E-state index in [1.807, 2.05) is 13.8 Å². The lowest BCUT2D eigenvalue weighted by atomic mass is 10.9. The molecule has 2 heteroatoms. The average molecular weight is 111 g/mol. The summed E-state index contributed by atoms with van der Waals surface area (Å²) in [5, 5.41) is 7.74. The number of aliphatic hydroxyl groups is 1. The van der Waals surface area contributed by atoms with Gasteiger partial charge in [0.2, 0.25) is 0 Å². The van der Waals surface area contributed by atoms with E-state index in [9.17, 15) is 0 Å². The van der Waals surface area contributed by atoms with E-state index in [1.165, 1.54) is 0 Å². The summed E-state index contributed by atoms with van der Waals surface area (Å²) in [6, 6.07) is 0. The number of rotatable bonds is 1. The highest BCUT2D eigenvalue weighted by Gasteiger charge is 1.60. The van der Waals surface area contributed by atoms with Gasteiger partial charge in [-0.05, 0) is 0 Å². The van der Waals surface area contributed by atoms with E-state index in [0.29, 0.717) is 5.88 Å². The molecule has 0 saturated heterocycles. The molecule has 0 aliphatic heterocycles. The Hall–Kier alpha value is 0.250. The maximum atomic E-state index is 7.74. The first kappa shape index (κ1) is 9.54. The molecule has 0 unspecified atom stereocenters. The minimum absolute atomic E-state index is 0.0849. The summed E-state index contributed by atoms with van der Waals surface area (Å²) in [5.41, 5.74) is 0. The van der Waals surface area contributed by atoms with Crippen LogP contribution in [0.2, 0.25) is 0 Å². The van der Waals surface area contributed by atoms with E-state index < -0.39 is 0 Å². The summed E-state index contributed by atoms with van der Waals surface area (Å²) in [6.45, 7) is 4.08. The van der Waals surface area contributed by atoms with E-state index in [-0.39, 0.29) is 6.61 Å². The van der Waals surface area contributed by atoms with Crippen LogP contribution >= 0.6 is 11.6 Å². The van der Waals surface area contributed by atoms with Crippen LogP contribution in [0, 0.1) is 0 Å². The van der Waals surface area contributed by atoms with Gasteiger partial charge in [-0.25, -0.2) is 0 Å². The fourth-order valence-corrected chi connectivity index (χ4v) is 0. The van der Waals surface area contributed by atoms with Gasteiger partial charge in [-0.15, -0.1) is 11.6 Å². The fraction of sp³-hybridized carbons (Fsp3) is 1.00. The molecular formula is C4H11ClO. The summed E-state index contributed by atoms with van der Waals surface area (Å²) in [4.78, 5) is 0. The second-order valence-corrected chi connectivity index (χ2v) is 0.791. The molecule has 0 aromatic rings. The van der Waals surface area contributed by atoms with Crippen LogP contribution < -0.4 is 0 Å². The van der Waals surface area contributed by atoms with E-state index in [1.54, 1.807) is 0 Å². The maximum absolute atomic E-state index is 7.74. The molecule has 1 nitrogen and oxygen atoms in total. The van der Waals surface area contributed by atoms with Crippen molar-refractivity contribution >= 4 is 11.6 Å². The molecule has 0 aliphatic rings. The summed E-state index contributed by atoms with van der Waals surface area (Å²) >= 11 is 4.94. The Labute approximate surface area is 43.9 Å². The molecule has 0 aromatic heterocycles. The summed E-state index contributed by atoms with van der Waals surface area (Å²) in [6.07, 6.45) is 0. The molecule has 0 radical (unpaired) electrons. The lowest BCUT2D eigenvalue weighted by Crippen LogP contribution is -1.76. The van der Waals surface area contributed by atoms with Crippen LogP contribution in [0.25, 0.3) is 0 Å². The van der Waals surface area contributed by atoms with Crippen LogP contribution in [-0.2, 0) is 0 Å². The van der Waals surface area contributed by atoms with Gasteiger partial charge in [0.25, 0.3) is 0 Å². The van der Waals surface area contributed by atoms with Gasteiger partial charge in [0, 0.05) is 5.88 Å². The zero-order valence-electron chi connectivity index (χ0n) is 4.24. The molecule has 0 aromatic carbocycles. The van der Waals surface area contributed by atoms with Crippen molar-refractivity contribution in [2.24, 2.45) is 0 Å². The van der Waals surface area contributed by atoms with Crippen molar-refractivity contribution in [1.29, 1.82) is 0 Å². The van der Waals surface area contributed by atoms with Gasteiger partial charge < -0.3 is 5.11 Å². The SMILES string of the molecule is CC.OCCCl. The van der Waals surface area contributed by atoms with Crippen LogP contribution in [0.15, 0.2) is 0 Å². The van der Waals surface area contributed by atoms with E-state index in [0.717, 1.165) is 0 Å². The molecule has 0 heterocycles. The van der Waals surface area contributed by atoms with E-state index in [2.05, 4.69) is 0 Å². The highest BCUT2D eigenvalue weighted by atomic mass is 35.5. The Morgan fingerprint density at radius 1 is 1.50 bits per heavy atom. The molecule has 0 amide bonds. The number of alkyl halides is 1. The Kier molecular flexibility index (Phi) is 29.8. The molecule has 0 atom stereocenters. The van der Waals surface area contributed by atoms with Crippen molar-refractivity contribution in [1.82, 2.24) is 0 Å². The van der Waals surface area contributed by atoms with Gasteiger partial charge in [0.05, 0.1) is 6.61 Å². The molecule has 0 saturated carbocycles. The Balaban J connectivity index is 0. The predicted octanol–water partition coefficient (Wildman–Crippen LogP) is 1.24. The van der Waals surface area contributed by atoms with Crippen molar-refractivity contribution in [3.05, 3.63) is 0 Å². The van der Waals surface area contributed by atoms with Crippen molar-refractivity contribution in [2.45, 2.75) is 13.8 Å². The molecule has 40 valence electrons. The third kappa shape index (κ3) is 28.7. The Morgan fingerprint density at radius 3 is 1.67 bits per heavy atom. The van der Waals surface area contributed by atoms with Gasteiger partial charge in [0.15, 0.2) is 0 Å². The van der Waals surface area contributed by atoms with Crippen LogP contribution in [0.1, 0.15) is 13.8 Å². The van der Waals surface area contributed by atoms with Crippen LogP contribution in [0.5, 0.6) is 0 Å². The number of hydrogen-bond acceptors (Lipinski definition) is 1. The first-order chi connectivity index (χ1) is 2.91. The highest BCUT2D eigenvalue weighted by Crippen LogP contribution is 1.63. The van der Waals surface area contributed by atoms with Crippen molar-refractivity contribution < 1.29 is 5.11 Å². The minimum Gasteiger partial charge on any atom is -0.395 e. The van der Waals surface area contributed by atoms with Gasteiger partial charge in [-0.1, -0.05) is 13.8 Å². The van der Waals surface area contributed by atoms with Gasteiger partial charge in [-0.2, -0.15) is 0 Å². The molecule has 6 heavy (non-hydrogen) atoms. The van der Waals surface area contributed by atoms with Crippen LogP contribution in [0.4, 0.5) is 0 Å². The zero-order chi connectivity index (χ0) is 5.41. The maximum Gasteiger partial charge on any atom is 0.0566 e. The number of halogens is 1. The third-order valence-corrected chi connectivity index (χ3v) is 0.254. The molecule has 0 fully saturated rings. The van der Waals surface area contributed by atoms with Gasteiger partial charge in [-0.3, -0.25) is 0 Å². The minimum atomic E-state index is 0.0849. The van der Waals surface area contributed by atoms with Gasteiger partial charge in [0.1, 0.15) is 0 Å². The Bertz CT molecular complexity index is 9.51. The largest absolute Gasteiger partial charge is 0.395 e. The predicted molar refractivity (Wildman–Crippen MR) is 29.2 cm³/mol. The lowest BCUT2D eigenvalue weighted by molar-refractivity contribution is 0.321. The molecular weight excluding hydrogens is 99.5 g/mol. The number of hydrogen-bond donors (Lipinski definition) is 1. The molecule has 0 rings (SSSR count). The first-order valence-corrected chi connectivity index (χ1v) is 2.62. The second kappa shape index (κ2) is 18.7. The molecule has 0 bridgehead atoms. The number of aliphatic hydroxyl groups excluding tert-OH is 1. The topological polar surface area (TPSA) is 20.2 Å². The van der Waals surface area contributed by atoms with Gasteiger partial charge >= 0.3 is 0 Å². The second-order valence-electron chi connectivity index (χ2n) is 0.413. The highest BCUT2D eigenvalue weighted by molar-refractivity contribution is 6.17. The summed E-state index contributed by atoms with van der Waals surface area (Å²) in [7, 11) is 0. The zero-order valence-corrected chi connectivity index (χ0v) is 5.00. The normalized spacial score (nSPS) is 6.00. The smallest absolute Gasteiger partial charge is 0.0566 e. The Morgan fingerprint density at radius 2 is 1.67 bits per heavy atom. The summed E-state index contributed by atoms with van der Waals surface area (Å²) < 4.78 is 0. The third-order valence-electron chi connectivity index (χ3n) is 0.0845. The molecule has 1 N–H and O–H groups in total. The quantitative estimate of drug-likeness (QED) is 0.504. The van der Waals surface area contributed by atoms with E-state index in [4.69, 9.17) is 16.7 Å². The standard InChI is InChI=1S/C2H5ClO.C2H6/c3-1-2-4;1-2/h4H,1-2H2;1-2H3. The first-order valence-electron chi connectivity index (χ1n) is 2.08. The fourth-order valence-electron chi connectivity index (χ4n) is 0. The average Bonchev–Trinajstić information content (AvgIpc) is 1.72.